The Balaban J connectivity index is 1.32. The number of esters is 1. The van der Waals surface area contributed by atoms with Crippen molar-refractivity contribution in [2.24, 2.45) is 5.92 Å². The summed E-state index contributed by atoms with van der Waals surface area (Å²) >= 11 is 0. The average Bonchev–Trinajstić information content (AvgIpc) is 3.82. The Morgan fingerprint density at radius 2 is 1.89 bits per heavy atom. The van der Waals surface area contributed by atoms with Crippen LogP contribution in [0.5, 0.6) is 5.75 Å². The van der Waals surface area contributed by atoms with E-state index < -0.39 is 0 Å². The van der Waals surface area contributed by atoms with Gasteiger partial charge in [0.25, 0.3) is 0 Å². The lowest BCUT2D eigenvalue weighted by Crippen LogP contribution is -2.55. The van der Waals surface area contributed by atoms with E-state index in [4.69, 9.17) is 23.7 Å². The summed E-state index contributed by atoms with van der Waals surface area (Å²) < 4.78 is 30.0. The molecule has 7 heteroatoms. The van der Waals surface area contributed by atoms with E-state index in [1.54, 1.807) is 13.2 Å². The molecule has 3 aliphatic rings. The number of carbonyl (C=O) groups is 1. The highest BCUT2D eigenvalue weighted by Crippen LogP contribution is 2.59. The first-order valence-corrected chi connectivity index (χ1v) is 14.1. The molecule has 0 bridgehead atoms. The van der Waals surface area contributed by atoms with Crippen LogP contribution in [0.1, 0.15) is 59.4 Å². The molecule has 0 amide bonds. The zero-order valence-corrected chi connectivity index (χ0v) is 23.9. The third kappa shape index (κ3) is 6.68. The predicted octanol–water partition coefficient (Wildman–Crippen LogP) is 5.04. The second-order valence-corrected chi connectivity index (χ2v) is 11.1. The third-order valence-corrected chi connectivity index (χ3v) is 8.37. The van der Waals surface area contributed by atoms with Crippen LogP contribution in [-0.2, 0) is 23.7 Å². The number of carbonyl (C=O) groups excluding carboxylic acids is 1. The highest BCUT2D eigenvalue weighted by atomic mass is 16.6. The number of likely N-dealkylation sites (N-methyl/N-ethyl adjacent to an activating group) is 1. The van der Waals surface area contributed by atoms with Crippen molar-refractivity contribution in [2.75, 3.05) is 40.0 Å². The first kappa shape index (κ1) is 28.8. The molecule has 2 aliphatic heterocycles. The maximum absolute atomic E-state index is 12.8. The molecule has 0 unspecified atom stereocenters. The number of hydrogen-bond acceptors (Lipinski definition) is 7. The van der Waals surface area contributed by atoms with Crippen molar-refractivity contribution < 1.29 is 28.5 Å². The van der Waals surface area contributed by atoms with Crippen molar-refractivity contribution in [1.29, 1.82) is 0 Å². The minimum absolute atomic E-state index is 0.0142. The van der Waals surface area contributed by atoms with Gasteiger partial charge in [0, 0.05) is 19.7 Å². The van der Waals surface area contributed by atoms with E-state index >= 15 is 0 Å². The minimum atomic E-state index is -0.369. The van der Waals surface area contributed by atoms with Crippen LogP contribution in [0, 0.1) is 5.92 Å². The number of rotatable bonds is 13. The van der Waals surface area contributed by atoms with Crippen LogP contribution in [-0.4, -0.2) is 80.3 Å². The lowest BCUT2D eigenvalue weighted by molar-refractivity contribution is -0.166. The maximum Gasteiger partial charge on any atom is 0.331 e. The Morgan fingerprint density at radius 3 is 2.50 bits per heavy atom. The average molecular weight is 528 g/mol. The molecule has 1 spiro atoms. The molecule has 0 aromatic heterocycles. The standard InChI is InChI=1S/C31H45NO6/c1-7-32(8-2)19-20-35-24-13-10-23(11-14-24)12-16-27(33)37-25-17-18-31(21-36-31)29(28(25)34-6)30(5)26(38-30)15-9-22(3)4/h9-14,16,25-26,28-29H,7-8,15,17-21H2,1-6H3/b16-12+/t25-,26-,28-,29-,30+,31+/m1/s1. The van der Waals surface area contributed by atoms with Crippen molar-refractivity contribution in [3.63, 3.8) is 0 Å². The third-order valence-electron chi connectivity index (χ3n) is 8.37. The molecule has 1 aromatic rings. The first-order valence-electron chi connectivity index (χ1n) is 14.1. The molecule has 1 aliphatic carbocycles. The lowest BCUT2D eigenvalue weighted by atomic mass is 9.68. The molecule has 210 valence electrons. The van der Waals surface area contributed by atoms with Gasteiger partial charge >= 0.3 is 5.97 Å². The smallest absolute Gasteiger partial charge is 0.331 e. The van der Waals surface area contributed by atoms with E-state index in [1.165, 1.54) is 11.6 Å². The van der Waals surface area contributed by atoms with Gasteiger partial charge in [-0.1, -0.05) is 37.6 Å². The van der Waals surface area contributed by atoms with Gasteiger partial charge in [-0.25, -0.2) is 4.79 Å². The van der Waals surface area contributed by atoms with Crippen LogP contribution >= 0.6 is 0 Å². The number of epoxide rings is 2. The Bertz CT molecular complexity index is 992. The summed E-state index contributed by atoms with van der Waals surface area (Å²) in [7, 11) is 1.69. The first-order chi connectivity index (χ1) is 18.2. The molecule has 3 fully saturated rings. The minimum Gasteiger partial charge on any atom is -0.492 e. The van der Waals surface area contributed by atoms with Crippen LogP contribution in [0.2, 0.25) is 0 Å². The van der Waals surface area contributed by atoms with E-state index in [0.29, 0.717) is 19.6 Å². The zero-order chi connectivity index (χ0) is 27.3. The van der Waals surface area contributed by atoms with Crippen molar-refractivity contribution in [1.82, 2.24) is 4.90 Å². The summed E-state index contributed by atoms with van der Waals surface area (Å²) in [5.41, 5.74) is 1.61. The highest BCUT2D eigenvalue weighted by Gasteiger charge is 2.72. The van der Waals surface area contributed by atoms with Crippen LogP contribution in [0.25, 0.3) is 6.08 Å². The molecule has 1 aromatic carbocycles. The molecule has 0 radical (unpaired) electrons. The molecule has 1 saturated carbocycles. The summed E-state index contributed by atoms with van der Waals surface area (Å²) in [5, 5.41) is 0. The fourth-order valence-electron chi connectivity index (χ4n) is 5.93. The maximum atomic E-state index is 12.8. The monoisotopic (exact) mass is 527 g/mol. The van der Waals surface area contributed by atoms with Gasteiger partial charge in [-0.3, -0.25) is 0 Å². The summed E-state index contributed by atoms with van der Waals surface area (Å²) in [6.45, 7) is 15.0. The molecule has 2 saturated heterocycles. The van der Waals surface area contributed by atoms with Gasteiger partial charge in [0.05, 0.1) is 18.6 Å². The molecule has 7 nitrogen and oxygen atoms in total. The van der Waals surface area contributed by atoms with Crippen molar-refractivity contribution in [2.45, 2.75) is 83.4 Å². The van der Waals surface area contributed by atoms with Gasteiger partial charge < -0.3 is 28.6 Å². The van der Waals surface area contributed by atoms with E-state index in [-0.39, 0.29) is 41.4 Å². The van der Waals surface area contributed by atoms with E-state index in [0.717, 1.165) is 43.8 Å². The molecular weight excluding hydrogens is 482 g/mol. The van der Waals surface area contributed by atoms with Crippen molar-refractivity contribution in [3.8, 4) is 5.75 Å². The van der Waals surface area contributed by atoms with Gasteiger partial charge in [-0.05, 0) is 76.9 Å². The molecule has 4 rings (SSSR count). The van der Waals surface area contributed by atoms with Gasteiger partial charge in [0.2, 0.25) is 0 Å². The fourth-order valence-corrected chi connectivity index (χ4v) is 5.93. The number of hydrogen-bond donors (Lipinski definition) is 0. The molecular formula is C31H45NO6. The molecule has 0 N–H and O–H groups in total. The van der Waals surface area contributed by atoms with Crippen LogP contribution in [0.3, 0.4) is 0 Å². The van der Waals surface area contributed by atoms with E-state index in [9.17, 15) is 4.79 Å². The lowest BCUT2D eigenvalue weighted by Gasteiger charge is -2.42. The normalized spacial score (nSPS) is 32.0. The number of ether oxygens (including phenoxy) is 5. The molecule has 2 heterocycles. The second kappa shape index (κ2) is 12.3. The Morgan fingerprint density at radius 1 is 1.18 bits per heavy atom. The second-order valence-electron chi connectivity index (χ2n) is 11.1. The van der Waals surface area contributed by atoms with Gasteiger partial charge in [0.15, 0.2) is 0 Å². The molecule has 38 heavy (non-hydrogen) atoms. The summed E-state index contributed by atoms with van der Waals surface area (Å²) in [5.74, 6) is 0.467. The number of benzene rings is 1. The Kier molecular flexibility index (Phi) is 9.35. The van der Waals surface area contributed by atoms with Crippen molar-refractivity contribution in [3.05, 3.63) is 47.6 Å². The van der Waals surface area contributed by atoms with Crippen LogP contribution in [0.4, 0.5) is 0 Å². The predicted molar refractivity (Wildman–Crippen MR) is 148 cm³/mol. The fraction of sp³-hybridized carbons (Fsp3) is 0.645. The van der Waals surface area contributed by atoms with Crippen LogP contribution in [0.15, 0.2) is 42.0 Å². The van der Waals surface area contributed by atoms with Gasteiger partial charge in [-0.2, -0.15) is 0 Å². The largest absolute Gasteiger partial charge is 0.492 e. The zero-order valence-electron chi connectivity index (χ0n) is 23.9. The quantitative estimate of drug-likeness (QED) is 0.154. The summed E-state index contributed by atoms with van der Waals surface area (Å²) in [4.78, 5) is 15.1. The van der Waals surface area contributed by atoms with Crippen LogP contribution < -0.4 is 4.74 Å². The number of nitrogens with zero attached hydrogens (tertiary/aromatic N) is 1. The Labute approximate surface area is 228 Å². The summed E-state index contributed by atoms with van der Waals surface area (Å²) in [6.07, 6.45) is 7.40. The topological polar surface area (TPSA) is 73.1 Å². The van der Waals surface area contributed by atoms with Gasteiger partial charge in [-0.15, -0.1) is 0 Å². The van der Waals surface area contributed by atoms with E-state index in [1.807, 2.05) is 24.3 Å². The SMILES string of the molecule is CCN(CC)CCOc1ccc(/C=C/C(=O)O[C@@H]2CC[C@]3(CO3)[C@@H]([C@@]3(C)O[C@@H]3CC=C(C)C)[C@@H]2OC)cc1. The van der Waals surface area contributed by atoms with E-state index in [2.05, 4.69) is 45.6 Å². The Hall–Kier alpha value is -2.19. The number of methoxy groups -OCH3 is 1. The molecule has 6 atom stereocenters. The summed E-state index contributed by atoms with van der Waals surface area (Å²) in [6, 6.07) is 7.74. The number of allylic oxidation sites excluding steroid dienone is 1. The highest BCUT2D eigenvalue weighted by molar-refractivity contribution is 5.87. The van der Waals surface area contributed by atoms with Crippen molar-refractivity contribution >= 4 is 12.0 Å². The van der Waals surface area contributed by atoms with Gasteiger partial charge in [0.1, 0.15) is 35.8 Å².